The van der Waals surface area contributed by atoms with E-state index in [-0.39, 0.29) is 6.04 Å². The molecule has 1 atom stereocenters. The Kier molecular flexibility index (Phi) is 3.74. The van der Waals surface area contributed by atoms with Gasteiger partial charge < -0.3 is 5.73 Å². The molecule has 2 aromatic carbocycles. The lowest BCUT2D eigenvalue weighted by molar-refractivity contribution is 0.858. The number of hydrogen-bond donors (Lipinski definition) is 1. The molecule has 0 radical (unpaired) electrons. The summed E-state index contributed by atoms with van der Waals surface area (Å²) in [6.07, 6.45) is 0. The van der Waals surface area contributed by atoms with Gasteiger partial charge in [0.1, 0.15) is 0 Å². The molecule has 0 saturated carbocycles. The zero-order valence-corrected chi connectivity index (χ0v) is 11.8. The Morgan fingerprint density at radius 2 is 1.56 bits per heavy atom. The van der Waals surface area contributed by atoms with Gasteiger partial charge in [0.15, 0.2) is 0 Å². The molecule has 2 aromatic rings. The van der Waals surface area contributed by atoms with Crippen LogP contribution in [0.25, 0.3) is 0 Å². The van der Waals surface area contributed by atoms with E-state index in [9.17, 15) is 0 Å². The molecule has 2 rings (SSSR count). The first kappa shape index (κ1) is 13.1. The molecule has 0 aromatic heterocycles. The fourth-order valence-electron chi connectivity index (χ4n) is 2.36. The zero-order valence-electron chi connectivity index (χ0n) is 11.0. The van der Waals surface area contributed by atoms with Crippen LogP contribution >= 0.6 is 11.6 Å². The summed E-state index contributed by atoms with van der Waals surface area (Å²) in [6, 6.07) is 12.2. The molecule has 0 aliphatic heterocycles. The SMILES string of the molecule is Cc1cc(C)cc(C(N)c2ccc(Cl)cc2C)c1. The zero-order chi connectivity index (χ0) is 13.3. The first-order valence-electron chi connectivity index (χ1n) is 6.07. The van der Waals surface area contributed by atoms with Gasteiger partial charge in [-0.15, -0.1) is 0 Å². The number of nitrogens with two attached hydrogens (primary N) is 1. The average molecular weight is 260 g/mol. The molecule has 0 spiro atoms. The highest BCUT2D eigenvalue weighted by Gasteiger charge is 2.12. The molecule has 0 amide bonds. The van der Waals surface area contributed by atoms with Crippen molar-refractivity contribution in [2.24, 2.45) is 5.73 Å². The highest BCUT2D eigenvalue weighted by Crippen LogP contribution is 2.26. The van der Waals surface area contributed by atoms with Crippen molar-refractivity contribution >= 4 is 11.6 Å². The lowest BCUT2D eigenvalue weighted by Gasteiger charge is -2.17. The predicted octanol–water partition coefficient (Wildman–Crippen LogP) is 4.31. The van der Waals surface area contributed by atoms with Crippen LogP contribution in [0, 0.1) is 20.8 Å². The lowest BCUT2D eigenvalue weighted by Crippen LogP contribution is -2.13. The molecular formula is C16H18ClN. The average Bonchev–Trinajstić information content (AvgIpc) is 2.26. The van der Waals surface area contributed by atoms with Crippen LogP contribution < -0.4 is 5.73 Å². The van der Waals surface area contributed by atoms with Gasteiger partial charge in [-0.2, -0.15) is 0 Å². The largest absolute Gasteiger partial charge is 0.320 e. The van der Waals surface area contributed by atoms with Gasteiger partial charge >= 0.3 is 0 Å². The van der Waals surface area contributed by atoms with E-state index in [0.29, 0.717) is 0 Å². The maximum atomic E-state index is 6.36. The fraction of sp³-hybridized carbons (Fsp3) is 0.250. The van der Waals surface area contributed by atoms with Gasteiger partial charge in [0.25, 0.3) is 0 Å². The van der Waals surface area contributed by atoms with Crippen molar-refractivity contribution in [2.45, 2.75) is 26.8 Å². The second-order valence-corrected chi connectivity index (χ2v) is 5.34. The third-order valence-corrected chi connectivity index (χ3v) is 3.41. The second-order valence-electron chi connectivity index (χ2n) is 4.90. The number of halogens is 1. The van der Waals surface area contributed by atoms with Crippen LogP contribution in [0.2, 0.25) is 5.02 Å². The molecule has 1 unspecified atom stereocenters. The van der Waals surface area contributed by atoms with Crippen molar-refractivity contribution < 1.29 is 0 Å². The molecule has 0 fully saturated rings. The van der Waals surface area contributed by atoms with Gasteiger partial charge in [-0.3, -0.25) is 0 Å². The molecule has 0 aliphatic carbocycles. The summed E-state index contributed by atoms with van der Waals surface area (Å²) >= 11 is 5.98. The Hall–Kier alpha value is -1.31. The molecule has 0 heterocycles. The molecule has 2 heteroatoms. The van der Waals surface area contributed by atoms with E-state index < -0.39 is 0 Å². The molecule has 1 nitrogen and oxygen atoms in total. The number of aryl methyl sites for hydroxylation is 3. The molecule has 2 N–H and O–H groups in total. The van der Waals surface area contributed by atoms with Crippen molar-refractivity contribution in [3.05, 3.63) is 69.2 Å². The van der Waals surface area contributed by atoms with Crippen LogP contribution in [0.4, 0.5) is 0 Å². The Balaban J connectivity index is 2.44. The summed E-state index contributed by atoms with van der Waals surface area (Å²) in [5, 5.41) is 0.754. The van der Waals surface area contributed by atoms with Crippen molar-refractivity contribution in [1.82, 2.24) is 0 Å². The third-order valence-electron chi connectivity index (χ3n) is 3.17. The van der Waals surface area contributed by atoms with Gasteiger partial charge in [-0.05, 0) is 49.6 Å². The summed E-state index contributed by atoms with van der Waals surface area (Å²) < 4.78 is 0. The van der Waals surface area contributed by atoms with Crippen LogP contribution in [0.5, 0.6) is 0 Å². The van der Waals surface area contributed by atoms with Gasteiger partial charge in [-0.25, -0.2) is 0 Å². The normalized spacial score (nSPS) is 12.5. The smallest absolute Gasteiger partial charge is 0.0554 e. The monoisotopic (exact) mass is 259 g/mol. The highest BCUT2D eigenvalue weighted by molar-refractivity contribution is 6.30. The van der Waals surface area contributed by atoms with Gasteiger partial charge in [0, 0.05) is 5.02 Å². The van der Waals surface area contributed by atoms with Crippen LogP contribution in [0.1, 0.15) is 33.9 Å². The van der Waals surface area contributed by atoms with E-state index in [4.69, 9.17) is 17.3 Å². The maximum Gasteiger partial charge on any atom is 0.0554 e. The lowest BCUT2D eigenvalue weighted by atomic mass is 9.94. The molecule has 94 valence electrons. The topological polar surface area (TPSA) is 26.0 Å². The minimum absolute atomic E-state index is 0.0964. The van der Waals surface area contributed by atoms with Gasteiger partial charge in [0.05, 0.1) is 6.04 Å². The fourth-order valence-corrected chi connectivity index (χ4v) is 2.58. The van der Waals surface area contributed by atoms with Gasteiger partial charge in [0.2, 0.25) is 0 Å². The Morgan fingerprint density at radius 3 is 2.11 bits per heavy atom. The first-order chi connectivity index (χ1) is 8.47. The van der Waals surface area contributed by atoms with Gasteiger partial charge in [-0.1, -0.05) is 47.0 Å². The van der Waals surface area contributed by atoms with E-state index >= 15 is 0 Å². The maximum absolute atomic E-state index is 6.36. The van der Waals surface area contributed by atoms with Crippen LogP contribution in [-0.4, -0.2) is 0 Å². The van der Waals surface area contributed by atoms with Crippen molar-refractivity contribution in [3.8, 4) is 0 Å². The quantitative estimate of drug-likeness (QED) is 0.854. The van der Waals surface area contributed by atoms with E-state index in [2.05, 4.69) is 32.0 Å². The molecule has 0 aliphatic rings. The van der Waals surface area contributed by atoms with E-state index in [1.54, 1.807) is 0 Å². The molecule has 18 heavy (non-hydrogen) atoms. The molecule has 0 saturated heterocycles. The summed E-state index contributed by atoms with van der Waals surface area (Å²) in [6.45, 7) is 6.24. The highest BCUT2D eigenvalue weighted by atomic mass is 35.5. The standard InChI is InChI=1S/C16H18ClN/c1-10-6-11(2)8-13(7-10)16(18)15-5-4-14(17)9-12(15)3/h4-9,16H,18H2,1-3H3. The number of benzene rings is 2. The molecule has 0 bridgehead atoms. The summed E-state index contributed by atoms with van der Waals surface area (Å²) in [4.78, 5) is 0. The van der Waals surface area contributed by atoms with E-state index in [1.807, 2.05) is 25.1 Å². The minimum Gasteiger partial charge on any atom is -0.320 e. The van der Waals surface area contributed by atoms with Crippen molar-refractivity contribution in [1.29, 1.82) is 0 Å². The molecular weight excluding hydrogens is 242 g/mol. The summed E-state index contributed by atoms with van der Waals surface area (Å²) in [7, 11) is 0. The second kappa shape index (κ2) is 5.13. The Labute approximate surface area is 114 Å². The minimum atomic E-state index is -0.0964. The van der Waals surface area contributed by atoms with E-state index in [0.717, 1.165) is 21.7 Å². The number of rotatable bonds is 2. The van der Waals surface area contributed by atoms with E-state index in [1.165, 1.54) is 11.1 Å². The Bertz CT molecular complexity index is 555. The summed E-state index contributed by atoms with van der Waals surface area (Å²) in [5.74, 6) is 0. The third kappa shape index (κ3) is 2.74. The van der Waals surface area contributed by atoms with Crippen molar-refractivity contribution in [3.63, 3.8) is 0 Å². The Morgan fingerprint density at radius 1 is 0.944 bits per heavy atom. The van der Waals surface area contributed by atoms with Crippen LogP contribution in [0.3, 0.4) is 0 Å². The van der Waals surface area contributed by atoms with Crippen LogP contribution in [0.15, 0.2) is 36.4 Å². The predicted molar refractivity (Wildman–Crippen MR) is 78.1 cm³/mol. The van der Waals surface area contributed by atoms with Crippen LogP contribution in [-0.2, 0) is 0 Å². The number of hydrogen-bond acceptors (Lipinski definition) is 1. The van der Waals surface area contributed by atoms with Crippen molar-refractivity contribution in [2.75, 3.05) is 0 Å². The first-order valence-corrected chi connectivity index (χ1v) is 6.45. The summed E-state index contributed by atoms with van der Waals surface area (Å²) in [5.41, 5.74) is 12.3.